The van der Waals surface area contributed by atoms with Gasteiger partial charge in [-0.15, -0.1) is 0 Å². The van der Waals surface area contributed by atoms with Gasteiger partial charge >= 0.3 is 0 Å². The number of nitrogens with two attached hydrogens (primary N) is 1. The molecule has 0 aliphatic carbocycles. The van der Waals surface area contributed by atoms with Crippen molar-refractivity contribution in [3.8, 4) is 0 Å². The Morgan fingerprint density at radius 2 is 2.00 bits per heavy atom. The molecular formula is C5H13FN+. The number of quaternary nitrogens is 1. The second-order valence-corrected chi connectivity index (χ2v) is 2.41. The van der Waals surface area contributed by atoms with E-state index in [1.165, 1.54) is 0 Å². The Hall–Kier alpha value is -0.110. The van der Waals surface area contributed by atoms with Gasteiger partial charge in [-0.3, -0.25) is 0 Å². The molecule has 0 aromatic heterocycles. The highest BCUT2D eigenvalue weighted by Gasteiger charge is 2.16. The highest BCUT2D eigenvalue weighted by atomic mass is 19.1. The van der Waals surface area contributed by atoms with E-state index in [1.807, 2.05) is 26.2 Å². The van der Waals surface area contributed by atoms with E-state index >= 15 is 0 Å². The van der Waals surface area contributed by atoms with Crippen molar-refractivity contribution in [2.75, 3.05) is 13.7 Å². The highest BCUT2D eigenvalue weighted by Crippen LogP contribution is 1.92. The largest absolute Gasteiger partial charge is 0.342 e. The third-order valence-corrected chi connectivity index (χ3v) is 1.13. The van der Waals surface area contributed by atoms with Crippen LogP contribution in [0.5, 0.6) is 0 Å². The van der Waals surface area contributed by atoms with Crippen LogP contribution in [0.2, 0.25) is 0 Å². The Bertz CT molecular complexity index is 46.0. The van der Waals surface area contributed by atoms with Crippen molar-refractivity contribution < 1.29 is 9.71 Å². The highest BCUT2D eigenvalue weighted by molar-refractivity contribution is 4.59. The van der Waals surface area contributed by atoms with Crippen molar-refractivity contribution in [1.82, 2.24) is 0 Å². The molecule has 0 amide bonds. The fourth-order valence-electron chi connectivity index (χ4n) is 0.0772. The van der Waals surface area contributed by atoms with E-state index in [9.17, 15) is 4.39 Å². The summed E-state index contributed by atoms with van der Waals surface area (Å²) in [6, 6.07) is 0. The lowest BCUT2D eigenvalue weighted by Crippen LogP contribution is -2.92. The fourth-order valence-corrected chi connectivity index (χ4v) is 0.0772. The van der Waals surface area contributed by atoms with Crippen molar-refractivity contribution in [2.45, 2.75) is 19.4 Å². The van der Waals surface area contributed by atoms with E-state index in [2.05, 4.69) is 0 Å². The average molecular weight is 106 g/mol. The summed E-state index contributed by atoms with van der Waals surface area (Å²) in [7, 11) is 1.87. The van der Waals surface area contributed by atoms with Gasteiger partial charge in [-0.05, 0) is 13.8 Å². The van der Waals surface area contributed by atoms with Crippen molar-refractivity contribution >= 4 is 0 Å². The third kappa shape index (κ3) is 2.57. The number of hydrogen-bond donors (Lipinski definition) is 1. The van der Waals surface area contributed by atoms with Crippen molar-refractivity contribution in [2.24, 2.45) is 0 Å². The van der Waals surface area contributed by atoms with Crippen molar-refractivity contribution in [1.29, 1.82) is 0 Å². The van der Waals surface area contributed by atoms with Gasteiger partial charge in [0.15, 0.2) is 0 Å². The first-order valence-electron chi connectivity index (χ1n) is 2.49. The monoisotopic (exact) mass is 106 g/mol. The van der Waals surface area contributed by atoms with Gasteiger partial charge in [0, 0.05) is 0 Å². The van der Waals surface area contributed by atoms with Crippen LogP contribution in [0.1, 0.15) is 13.8 Å². The molecule has 2 heteroatoms. The Morgan fingerprint density at radius 3 is 2.00 bits per heavy atom. The maximum atomic E-state index is 11.7. The predicted molar refractivity (Wildman–Crippen MR) is 27.9 cm³/mol. The second-order valence-electron chi connectivity index (χ2n) is 2.41. The maximum absolute atomic E-state index is 11.7. The Balaban J connectivity index is 3.36. The summed E-state index contributed by atoms with van der Waals surface area (Å²) in [6.45, 7) is 3.48. The van der Waals surface area contributed by atoms with Crippen LogP contribution in [0.25, 0.3) is 0 Å². The SMILES string of the molecule is C[NH2+]C(C)(C)CF. The molecule has 0 saturated heterocycles. The lowest BCUT2D eigenvalue weighted by molar-refractivity contribution is -0.696. The summed E-state index contributed by atoms with van der Waals surface area (Å²) in [4.78, 5) is 0. The number of halogens is 1. The average Bonchev–Trinajstić information content (AvgIpc) is 1.68. The van der Waals surface area contributed by atoms with Gasteiger partial charge in [-0.1, -0.05) is 0 Å². The summed E-state index contributed by atoms with van der Waals surface area (Å²) < 4.78 is 11.7. The third-order valence-electron chi connectivity index (χ3n) is 1.13. The first kappa shape index (κ1) is 6.89. The molecule has 0 aliphatic rings. The number of rotatable bonds is 2. The Kier molecular flexibility index (Phi) is 2.23. The zero-order chi connectivity index (χ0) is 5.91. The maximum Gasteiger partial charge on any atom is 0.143 e. The summed E-state index contributed by atoms with van der Waals surface area (Å²) in [5, 5.41) is 1.87. The summed E-state index contributed by atoms with van der Waals surface area (Å²) >= 11 is 0. The molecule has 0 aliphatic heterocycles. The normalized spacial score (nSPS) is 12.0. The van der Waals surface area contributed by atoms with Gasteiger partial charge in [0.1, 0.15) is 12.2 Å². The second kappa shape index (κ2) is 2.26. The fraction of sp³-hybridized carbons (Fsp3) is 1.00. The molecule has 0 bridgehead atoms. The van der Waals surface area contributed by atoms with Gasteiger partial charge < -0.3 is 5.32 Å². The van der Waals surface area contributed by atoms with E-state index in [1.54, 1.807) is 0 Å². The molecule has 44 valence electrons. The topological polar surface area (TPSA) is 16.6 Å². The van der Waals surface area contributed by atoms with Crippen LogP contribution < -0.4 is 5.32 Å². The van der Waals surface area contributed by atoms with Crippen LogP contribution >= 0.6 is 0 Å². The molecule has 0 radical (unpaired) electrons. The summed E-state index contributed by atoms with van der Waals surface area (Å²) in [5.74, 6) is 0. The van der Waals surface area contributed by atoms with Gasteiger partial charge in [0.05, 0.1) is 7.05 Å². The van der Waals surface area contributed by atoms with Crippen LogP contribution in [-0.4, -0.2) is 19.3 Å². The first-order chi connectivity index (χ1) is 3.12. The molecule has 0 heterocycles. The van der Waals surface area contributed by atoms with E-state index in [0.29, 0.717) is 0 Å². The van der Waals surface area contributed by atoms with Crippen molar-refractivity contribution in [3.05, 3.63) is 0 Å². The van der Waals surface area contributed by atoms with E-state index in [4.69, 9.17) is 0 Å². The quantitative estimate of drug-likeness (QED) is 0.507. The minimum Gasteiger partial charge on any atom is -0.342 e. The van der Waals surface area contributed by atoms with Gasteiger partial charge in [-0.2, -0.15) is 0 Å². The molecule has 0 fully saturated rings. The summed E-state index contributed by atoms with van der Waals surface area (Å²) in [6.07, 6.45) is 0. The lowest BCUT2D eigenvalue weighted by Gasteiger charge is -2.14. The van der Waals surface area contributed by atoms with Crippen molar-refractivity contribution in [3.63, 3.8) is 0 Å². The molecule has 0 aromatic carbocycles. The van der Waals surface area contributed by atoms with Crippen LogP contribution in [-0.2, 0) is 0 Å². The van der Waals surface area contributed by atoms with Gasteiger partial charge in [0.25, 0.3) is 0 Å². The van der Waals surface area contributed by atoms with Crippen LogP contribution in [0.15, 0.2) is 0 Å². The first-order valence-corrected chi connectivity index (χ1v) is 2.49. The molecule has 7 heavy (non-hydrogen) atoms. The smallest absolute Gasteiger partial charge is 0.143 e. The van der Waals surface area contributed by atoms with Gasteiger partial charge in [-0.25, -0.2) is 4.39 Å². The zero-order valence-electron chi connectivity index (χ0n) is 5.16. The molecule has 2 N–H and O–H groups in total. The minimum absolute atomic E-state index is 0.208. The zero-order valence-corrected chi connectivity index (χ0v) is 5.16. The Labute approximate surface area is 43.9 Å². The predicted octanol–water partition coefficient (Wildman–Crippen LogP) is -0.0723. The molecule has 0 aromatic rings. The Morgan fingerprint density at radius 1 is 1.57 bits per heavy atom. The van der Waals surface area contributed by atoms with E-state index in [0.717, 1.165) is 0 Å². The van der Waals surface area contributed by atoms with Crippen LogP contribution in [0.3, 0.4) is 0 Å². The molecule has 0 rings (SSSR count). The molecule has 0 saturated carbocycles. The van der Waals surface area contributed by atoms with Crippen LogP contribution in [0, 0.1) is 0 Å². The number of hydrogen-bond acceptors (Lipinski definition) is 0. The standard InChI is InChI=1S/C5H12FN/c1-5(2,4-6)7-3/h7H,4H2,1-3H3/p+1. The molecular weight excluding hydrogens is 93.1 g/mol. The molecule has 0 spiro atoms. The molecule has 0 atom stereocenters. The van der Waals surface area contributed by atoms with E-state index < -0.39 is 0 Å². The lowest BCUT2D eigenvalue weighted by atomic mass is 10.1. The van der Waals surface area contributed by atoms with Gasteiger partial charge in [0.2, 0.25) is 0 Å². The number of alkyl halides is 1. The molecule has 1 nitrogen and oxygen atoms in total. The van der Waals surface area contributed by atoms with E-state index in [-0.39, 0.29) is 12.2 Å². The minimum atomic E-state index is -0.260. The summed E-state index contributed by atoms with van der Waals surface area (Å²) in [5.41, 5.74) is -0.208. The van der Waals surface area contributed by atoms with Crippen LogP contribution in [0.4, 0.5) is 4.39 Å². The molecule has 0 unspecified atom stereocenters.